The minimum absolute atomic E-state index is 0.218. The average molecular weight is 194 g/mol. The van der Waals surface area contributed by atoms with Crippen molar-refractivity contribution in [1.29, 1.82) is 0 Å². The van der Waals surface area contributed by atoms with E-state index in [1.165, 1.54) is 0 Å². The predicted molar refractivity (Wildman–Crippen MR) is 50.6 cm³/mol. The molecule has 0 spiro atoms. The molecule has 1 aliphatic carbocycles. The molecule has 1 amide bonds. The molecule has 1 saturated carbocycles. The summed E-state index contributed by atoms with van der Waals surface area (Å²) < 4.78 is 4.70. The third kappa shape index (κ3) is 2.58. The Morgan fingerprint density at radius 1 is 1.64 bits per heavy atom. The van der Waals surface area contributed by atoms with E-state index in [9.17, 15) is 4.79 Å². The predicted octanol–water partition coefficient (Wildman–Crippen LogP) is 1.13. The Balaban J connectivity index is 1.57. The molecular formula is C10H14N2O2. The first-order chi connectivity index (χ1) is 6.86. The van der Waals surface area contributed by atoms with Crippen molar-refractivity contribution in [2.75, 3.05) is 6.54 Å². The first-order valence-electron chi connectivity index (χ1n) is 5.02. The van der Waals surface area contributed by atoms with Crippen molar-refractivity contribution in [2.24, 2.45) is 5.92 Å². The van der Waals surface area contributed by atoms with Crippen LogP contribution in [0.5, 0.6) is 0 Å². The Labute approximate surface area is 82.7 Å². The zero-order valence-corrected chi connectivity index (χ0v) is 8.03. The molecule has 1 N–H and O–H groups in total. The first kappa shape index (κ1) is 9.24. The SMILES string of the molecule is O=C(NCCCc1cnoc1)C1CC1. The van der Waals surface area contributed by atoms with Crippen molar-refractivity contribution in [1.82, 2.24) is 10.5 Å². The van der Waals surface area contributed by atoms with Crippen LogP contribution in [0.4, 0.5) is 0 Å². The highest BCUT2D eigenvalue weighted by molar-refractivity contribution is 5.80. The lowest BCUT2D eigenvalue weighted by atomic mass is 10.2. The minimum Gasteiger partial charge on any atom is -0.364 e. The summed E-state index contributed by atoms with van der Waals surface area (Å²) in [5.74, 6) is 0.529. The molecule has 4 nitrogen and oxygen atoms in total. The van der Waals surface area contributed by atoms with Crippen molar-refractivity contribution in [2.45, 2.75) is 25.7 Å². The maximum Gasteiger partial charge on any atom is 0.223 e. The highest BCUT2D eigenvalue weighted by atomic mass is 16.5. The molecule has 0 aliphatic heterocycles. The van der Waals surface area contributed by atoms with Gasteiger partial charge in [0.25, 0.3) is 0 Å². The smallest absolute Gasteiger partial charge is 0.223 e. The van der Waals surface area contributed by atoms with Crippen LogP contribution >= 0.6 is 0 Å². The van der Waals surface area contributed by atoms with Crippen LogP contribution in [0.15, 0.2) is 17.0 Å². The summed E-state index contributed by atoms with van der Waals surface area (Å²) in [5.41, 5.74) is 1.09. The molecule has 1 heterocycles. The molecule has 1 aromatic heterocycles. The molecule has 4 heteroatoms. The first-order valence-corrected chi connectivity index (χ1v) is 5.02. The lowest BCUT2D eigenvalue weighted by Gasteiger charge is -2.02. The van der Waals surface area contributed by atoms with E-state index in [0.29, 0.717) is 5.92 Å². The van der Waals surface area contributed by atoms with Gasteiger partial charge < -0.3 is 9.84 Å². The summed E-state index contributed by atoms with van der Waals surface area (Å²) in [6.45, 7) is 0.751. The minimum atomic E-state index is 0.218. The number of hydrogen-bond acceptors (Lipinski definition) is 3. The molecule has 0 unspecified atom stereocenters. The van der Waals surface area contributed by atoms with Crippen LogP contribution in [0.1, 0.15) is 24.8 Å². The quantitative estimate of drug-likeness (QED) is 0.715. The van der Waals surface area contributed by atoms with Crippen LogP contribution in [0.2, 0.25) is 0 Å². The van der Waals surface area contributed by atoms with Gasteiger partial charge in [0, 0.05) is 18.0 Å². The van der Waals surface area contributed by atoms with E-state index in [4.69, 9.17) is 4.52 Å². The van der Waals surface area contributed by atoms with Gasteiger partial charge in [-0.3, -0.25) is 4.79 Å². The standard InChI is InChI=1S/C10H14N2O2/c13-10(9-3-4-9)11-5-1-2-8-6-12-14-7-8/h6-7,9H,1-5H2,(H,11,13). The molecule has 0 bridgehead atoms. The molecule has 14 heavy (non-hydrogen) atoms. The number of aryl methyl sites for hydroxylation is 1. The second kappa shape index (κ2) is 4.26. The van der Waals surface area contributed by atoms with Gasteiger partial charge in [0.1, 0.15) is 6.26 Å². The van der Waals surface area contributed by atoms with Gasteiger partial charge in [0.05, 0.1) is 6.20 Å². The van der Waals surface area contributed by atoms with E-state index < -0.39 is 0 Å². The Kier molecular flexibility index (Phi) is 2.81. The lowest BCUT2D eigenvalue weighted by Crippen LogP contribution is -2.25. The maximum atomic E-state index is 11.2. The highest BCUT2D eigenvalue weighted by Crippen LogP contribution is 2.28. The normalized spacial score (nSPS) is 15.4. The van der Waals surface area contributed by atoms with Crippen molar-refractivity contribution >= 4 is 5.91 Å². The van der Waals surface area contributed by atoms with Crippen molar-refractivity contribution in [3.63, 3.8) is 0 Å². The fraction of sp³-hybridized carbons (Fsp3) is 0.600. The second-order valence-electron chi connectivity index (χ2n) is 3.70. The van der Waals surface area contributed by atoms with E-state index in [-0.39, 0.29) is 5.91 Å². The van der Waals surface area contributed by atoms with E-state index in [1.807, 2.05) is 0 Å². The van der Waals surface area contributed by atoms with Gasteiger partial charge in [-0.05, 0) is 25.7 Å². The molecule has 1 aliphatic rings. The Hall–Kier alpha value is -1.32. The number of hydrogen-bond donors (Lipinski definition) is 1. The Morgan fingerprint density at radius 3 is 3.14 bits per heavy atom. The average Bonchev–Trinajstić information content (AvgIpc) is 2.92. The molecule has 0 atom stereocenters. The lowest BCUT2D eigenvalue weighted by molar-refractivity contribution is -0.122. The van der Waals surface area contributed by atoms with Gasteiger partial charge in [-0.15, -0.1) is 0 Å². The van der Waals surface area contributed by atoms with E-state index in [0.717, 1.165) is 37.8 Å². The largest absolute Gasteiger partial charge is 0.364 e. The van der Waals surface area contributed by atoms with Gasteiger partial charge in [-0.2, -0.15) is 0 Å². The molecule has 0 saturated heterocycles. The van der Waals surface area contributed by atoms with E-state index >= 15 is 0 Å². The third-order valence-electron chi connectivity index (χ3n) is 2.37. The molecule has 0 radical (unpaired) electrons. The van der Waals surface area contributed by atoms with Crippen LogP contribution in [-0.4, -0.2) is 17.6 Å². The summed E-state index contributed by atoms with van der Waals surface area (Å²) in [7, 11) is 0. The summed E-state index contributed by atoms with van der Waals surface area (Å²) in [5, 5.41) is 6.53. The zero-order valence-electron chi connectivity index (χ0n) is 8.03. The maximum absolute atomic E-state index is 11.2. The van der Waals surface area contributed by atoms with E-state index in [2.05, 4.69) is 10.5 Å². The fourth-order valence-corrected chi connectivity index (χ4v) is 1.34. The van der Waals surface area contributed by atoms with E-state index in [1.54, 1.807) is 12.5 Å². The van der Waals surface area contributed by atoms with Crippen LogP contribution in [0, 0.1) is 5.92 Å². The second-order valence-corrected chi connectivity index (χ2v) is 3.70. The Bertz CT molecular complexity index is 291. The molecule has 76 valence electrons. The van der Waals surface area contributed by atoms with Gasteiger partial charge >= 0.3 is 0 Å². The zero-order chi connectivity index (χ0) is 9.80. The topological polar surface area (TPSA) is 55.1 Å². The molecule has 1 aromatic rings. The third-order valence-corrected chi connectivity index (χ3v) is 2.37. The van der Waals surface area contributed by atoms with Gasteiger partial charge in [0.2, 0.25) is 5.91 Å². The van der Waals surface area contributed by atoms with Crippen molar-refractivity contribution < 1.29 is 9.32 Å². The number of rotatable bonds is 5. The molecule has 1 fully saturated rings. The number of amides is 1. The number of carbonyl (C=O) groups excluding carboxylic acids is 1. The summed E-state index contributed by atoms with van der Waals surface area (Å²) in [4.78, 5) is 11.2. The number of carbonyl (C=O) groups is 1. The van der Waals surface area contributed by atoms with Crippen LogP contribution in [-0.2, 0) is 11.2 Å². The summed E-state index contributed by atoms with van der Waals surface area (Å²) in [6, 6.07) is 0. The Morgan fingerprint density at radius 2 is 2.50 bits per heavy atom. The monoisotopic (exact) mass is 194 g/mol. The number of nitrogens with one attached hydrogen (secondary N) is 1. The van der Waals surface area contributed by atoms with Crippen molar-refractivity contribution in [3.8, 4) is 0 Å². The summed E-state index contributed by atoms with van der Waals surface area (Å²) in [6.07, 6.45) is 7.34. The van der Waals surface area contributed by atoms with Crippen LogP contribution in [0.3, 0.4) is 0 Å². The van der Waals surface area contributed by atoms with Gasteiger partial charge in [0.15, 0.2) is 0 Å². The van der Waals surface area contributed by atoms with Gasteiger partial charge in [-0.1, -0.05) is 5.16 Å². The van der Waals surface area contributed by atoms with Gasteiger partial charge in [-0.25, -0.2) is 0 Å². The summed E-state index contributed by atoms with van der Waals surface area (Å²) >= 11 is 0. The molecular weight excluding hydrogens is 180 g/mol. The van der Waals surface area contributed by atoms with Crippen LogP contribution < -0.4 is 5.32 Å². The number of nitrogens with zero attached hydrogens (tertiary/aromatic N) is 1. The molecule has 2 rings (SSSR count). The van der Waals surface area contributed by atoms with Crippen LogP contribution in [0.25, 0.3) is 0 Å². The molecule has 0 aromatic carbocycles. The highest BCUT2D eigenvalue weighted by Gasteiger charge is 2.28. The fourth-order valence-electron chi connectivity index (χ4n) is 1.34. The van der Waals surface area contributed by atoms with Crippen molar-refractivity contribution in [3.05, 3.63) is 18.0 Å². The number of aromatic nitrogens is 1.